The molecule has 166 valence electrons. The summed E-state index contributed by atoms with van der Waals surface area (Å²) in [5.74, 6) is -0.764. The molecule has 0 unspecified atom stereocenters. The third-order valence-corrected chi connectivity index (χ3v) is 8.00. The second-order valence-corrected chi connectivity index (χ2v) is 10.2. The lowest BCUT2D eigenvalue weighted by atomic mass is 9.97. The predicted octanol–water partition coefficient (Wildman–Crippen LogP) is 2.57. The fourth-order valence-electron chi connectivity index (χ4n) is 4.34. The van der Waals surface area contributed by atoms with E-state index in [4.69, 9.17) is 0 Å². The SMILES string of the molecule is O=C([C@@H]1CCCN(S(=O)(=O)c2ccc(F)cc2)C1)N1CCN(Cc2ccccc2)CC1. The summed E-state index contributed by atoms with van der Waals surface area (Å²) >= 11 is 0. The van der Waals surface area contributed by atoms with Crippen molar-refractivity contribution in [3.63, 3.8) is 0 Å². The van der Waals surface area contributed by atoms with Crippen molar-refractivity contribution in [2.45, 2.75) is 24.3 Å². The van der Waals surface area contributed by atoms with Gasteiger partial charge in [0.15, 0.2) is 0 Å². The minimum Gasteiger partial charge on any atom is -0.340 e. The number of piperidine rings is 1. The Labute approximate surface area is 183 Å². The van der Waals surface area contributed by atoms with E-state index >= 15 is 0 Å². The van der Waals surface area contributed by atoms with Gasteiger partial charge >= 0.3 is 0 Å². The molecule has 0 aromatic heterocycles. The molecule has 0 bridgehead atoms. The van der Waals surface area contributed by atoms with Crippen LogP contribution >= 0.6 is 0 Å². The molecule has 0 N–H and O–H groups in total. The topological polar surface area (TPSA) is 60.9 Å². The zero-order valence-corrected chi connectivity index (χ0v) is 18.3. The summed E-state index contributed by atoms with van der Waals surface area (Å²) in [7, 11) is -3.73. The third kappa shape index (κ3) is 5.14. The highest BCUT2D eigenvalue weighted by atomic mass is 32.2. The van der Waals surface area contributed by atoms with Crippen LogP contribution in [0.1, 0.15) is 18.4 Å². The van der Waals surface area contributed by atoms with Crippen LogP contribution in [0, 0.1) is 11.7 Å². The first-order chi connectivity index (χ1) is 14.9. The fraction of sp³-hybridized carbons (Fsp3) is 0.435. The van der Waals surface area contributed by atoms with Gasteiger partial charge in [0.25, 0.3) is 0 Å². The highest BCUT2D eigenvalue weighted by Gasteiger charge is 2.35. The number of nitrogens with zero attached hydrogens (tertiary/aromatic N) is 3. The number of halogens is 1. The summed E-state index contributed by atoms with van der Waals surface area (Å²) in [5, 5.41) is 0. The van der Waals surface area contributed by atoms with Crippen molar-refractivity contribution >= 4 is 15.9 Å². The van der Waals surface area contributed by atoms with E-state index in [1.807, 2.05) is 23.1 Å². The van der Waals surface area contributed by atoms with Gasteiger partial charge in [-0.25, -0.2) is 12.8 Å². The average molecular weight is 446 g/mol. The van der Waals surface area contributed by atoms with Crippen LogP contribution in [0.5, 0.6) is 0 Å². The molecule has 0 spiro atoms. The molecule has 2 fully saturated rings. The van der Waals surface area contributed by atoms with Gasteiger partial charge in [0.1, 0.15) is 5.82 Å². The molecule has 1 atom stereocenters. The molecule has 6 nitrogen and oxygen atoms in total. The number of carbonyl (C=O) groups is 1. The van der Waals surface area contributed by atoms with E-state index in [9.17, 15) is 17.6 Å². The summed E-state index contributed by atoms with van der Waals surface area (Å²) in [5.41, 5.74) is 1.26. The highest BCUT2D eigenvalue weighted by Crippen LogP contribution is 2.25. The summed E-state index contributed by atoms with van der Waals surface area (Å²) in [4.78, 5) is 17.4. The number of rotatable bonds is 5. The van der Waals surface area contributed by atoms with E-state index in [1.165, 1.54) is 22.0 Å². The second-order valence-electron chi connectivity index (χ2n) is 8.24. The summed E-state index contributed by atoms with van der Waals surface area (Å²) < 4.78 is 40.4. The van der Waals surface area contributed by atoms with E-state index in [-0.39, 0.29) is 23.3 Å². The molecule has 1 amide bonds. The molecule has 4 rings (SSSR count). The lowest BCUT2D eigenvalue weighted by molar-refractivity contribution is -0.138. The summed E-state index contributed by atoms with van der Waals surface area (Å²) in [6.45, 7) is 4.38. The van der Waals surface area contributed by atoms with Crippen molar-refractivity contribution < 1.29 is 17.6 Å². The zero-order valence-electron chi connectivity index (χ0n) is 17.5. The summed E-state index contributed by atoms with van der Waals surface area (Å²) in [6.07, 6.45) is 1.34. The third-order valence-electron chi connectivity index (χ3n) is 6.12. The number of benzene rings is 2. The minimum absolute atomic E-state index is 0.0402. The van der Waals surface area contributed by atoms with E-state index in [0.717, 1.165) is 31.8 Å². The molecule has 2 aliphatic rings. The maximum absolute atomic E-state index is 13.2. The molecule has 0 saturated carbocycles. The first-order valence-corrected chi connectivity index (χ1v) is 12.2. The molecule has 0 aliphatic carbocycles. The molecule has 2 aromatic rings. The van der Waals surface area contributed by atoms with Crippen molar-refractivity contribution in [2.75, 3.05) is 39.3 Å². The van der Waals surface area contributed by atoms with Crippen molar-refractivity contribution in [3.05, 3.63) is 66.0 Å². The average Bonchev–Trinajstić information content (AvgIpc) is 2.80. The standard InChI is InChI=1S/C23H28FN3O3S/c24-21-8-10-22(11-9-21)31(29,30)27-12-4-7-20(18-27)23(28)26-15-13-25(14-16-26)17-19-5-2-1-3-6-19/h1-3,5-6,8-11,20H,4,7,12-18H2/t20-/m1/s1. The monoisotopic (exact) mass is 445 g/mol. The van der Waals surface area contributed by atoms with Gasteiger partial charge in [-0.15, -0.1) is 0 Å². The van der Waals surface area contributed by atoms with E-state index in [0.29, 0.717) is 32.5 Å². The second kappa shape index (κ2) is 9.46. The number of hydrogen-bond acceptors (Lipinski definition) is 4. The Kier molecular flexibility index (Phi) is 6.69. The largest absolute Gasteiger partial charge is 0.340 e. The predicted molar refractivity (Wildman–Crippen MR) is 116 cm³/mol. The van der Waals surface area contributed by atoms with Crippen LogP contribution < -0.4 is 0 Å². The van der Waals surface area contributed by atoms with E-state index < -0.39 is 15.8 Å². The van der Waals surface area contributed by atoms with E-state index in [2.05, 4.69) is 17.0 Å². The quantitative estimate of drug-likeness (QED) is 0.710. The minimum atomic E-state index is -3.73. The first-order valence-electron chi connectivity index (χ1n) is 10.7. The van der Waals surface area contributed by atoms with Gasteiger partial charge in [0.05, 0.1) is 10.8 Å². The van der Waals surface area contributed by atoms with Crippen LogP contribution in [0.3, 0.4) is 0 Å². The van der Waals surface area contributed by atoms with Crippen LogP contribution in [0.4, 0.5) is 4.39 Å². The number of sulfonamides is 1. The zero-order chi connectivity index (χ0) is 21.8. The van der Waals surface area contributed by atoms with Crippen molar-refractivity contribution in [2.24, 2.45) is 5.92 Å². The van der Waals surface area contributed by atoms with Gasteiger partial charge in [-0.1, -0.05) is 30.3 Å². The van der Waals surface area contributed by atoms with Gasteiger partial charge in [0.2, 0.25) is 15.9 Å². The lowest BCUT2D eigenvalue weighted by Gasteiger charge is -2.38. The molecular formula is C23H28FN3O3S. The van der Waals surface area contributed by atoms with Gasteiger partial charge < -0.3 is 4.90 Å². The fourth-order valence-corrected chi connectivity index (χ4v) is 5.87. The van der Waals surface area contributed by atoms with Crippen LogP contribution in [0.15, 0.2) is 59.5 Å². The summed E-state index contributed by atoms with van der Waals surface area (Å²) in [6, 6.07) is 15.1. The smallest absolute Gasteiger partial charge is 0.243 e. The molecule has 2 saturated heterocycles. The molecule has 31 heavy (non-hydrogen) atoms. The number of hydrogen-bond donors (Lipinski definition) is 0. The molecule has 8 heteroatoms. The first kappa shape index (κ1) is 21.9. The van der Waals surface area contributed by atoms with Gasteiger partial charge in [-0.2, -0.15) is 4.31 Å². The van der Waals surface area contributed by atoms with Crippen molar-refractivity contribution in [3.8, 4) is 0 Å². The lowest BCUT2D eigenvalue weighted by Crippen LogP contribution is -2.52. The Morgan fingerprint density at radius 2 is 1.61 bits per heavy atom. The Balaban J connectivity index is 1.34. The Bertz CT molecular complexity index is 990. The van der Waals surface area contributed by atoms with Crippen molar-refractivity contribution in [1.29, 1.82) is 0 Å². The molecule has 2 aliphatic heterocycles. The van der Waals surface area contributed by atoms with Crippen molar-refractivity contribution in [1.82, 2.24) is 14.1 Å². The normalized spacial score (nSPS) is 21.2. The van der Waals surface area contributed by atoms with Crippen LogP contribution in [-0.2, 0) is 21.4 Å². The molecule has 2 heterocycles. The highest BCUT2D eigenvalue weighted by molar-refractivity contribution is 7.89. The van der Waals surface area contributed by atoms with Gasteiger partial charge in [-0.05, 0) is 42.7 Å². The Morgan fingerprint density at radius 1 is 0.935 bits per heavy atom. The van der Waals surface area contributed by atoms with Crippen LogP contribution in [-0.4, -0.2) is 67.7 Å². The molecular weight excluding hydrogens is 417 g/mol. The molecule has 0 radical (unpaired) electrons. The number of amides is 1. The Hall–Kier alpha value is -2.29. The number of carbonyl (C=O) groups excluding carboxylic acids is 1. The van der Waals surface area contributed by atoms with E-state index in [1.54, 1.807) is 0 Å². The maximum atomic E-state index is 13.2. The van der Waals surface area contributed by atoms with Crippen LogP contribution in [0.2, 0.25) is 0 Å². The van der Waals surface area contributed by atoms with Crippen LogP contribution in [0.25, 0.3) is 0 Å². The molecule has 2 aromatic carbocycles. The van der Waals surface area contributed by atoms with Gasteiger partial charge in [-0.3, -0.25) is 9.69 Å². The maximum Gasteiger partial charge on any atom is 0.243 e. The number of piperazine rings is 1. The van der Waals surface area contributed by atoms with Gasteiger partial charge in [0, 0.05) is 45.8 Å². The Morgan fingerprint density at radius 3 is 2.29 bits per heavy atom.